The van der Waals surface area contributed by atoms with E-state index in [0.29, 0.717) is 0 Å². The Morgan fingerprint density at radius 1 is 0.308 bits per heavy atom. The molecule has 0 aromatic heterocycles. The molecule has 0 spiro atoms. The smallest absolute Gasteiger partial charge is 0.00187 e. The Bertz CT molecular complexity index is 393. The minimum absolute atomic E-state index is 0.889. The standard InChI is InChI=1S/C38H79N/c1-5-7-9-11-13-15-19-23-27-31-35-39(36-32-28-24-20-16-14-12-10-8-6-2)37-33-29-25-21-17-18-22-26-30-34-38(3)4/h38H,5-37H2,1-4H3. The maximum Gasteiger partial charge on any atom is -0.00187 e. The van der Waals surface area contributed by atoms with Gasteiger partial charge in [-0.05, 0) is 44.8 Å². The highest BCUT2D eigenvalue weighted by Gasteiger charge is 2.05. The summed E-state index contributed by atoms with van der Waals surface area (Å²) in [6.07, 6.45) is 43.7. The van der Waals surface area contributed by atoms with E-state index in [9.17, 15) is 0 Å². The van der Waals surface area contributed by atoms with Gasteiger partial charge in [-0.3, -0.25) is 0 Å². The van der Waals surface area contributed by atoms with E-state index < -0.39 is 0 Å². The molecule has 236 valence electrons. The van der Waals surface area contributed by atoms with E-state index in [1.807, 2.05) is 0 Å². The molecule has 0 aromatic carbocycles. The van der Waals surface area contributed by atoms with Crippen LogP contribution in [0.5, 0.6) is 0 Å². The fourth-order valence-electron chi connectivity index (χ4n) is 6.11. The highest BCUT2D eigenvalue weighted by atomic mass is 15.1. The molecule has 0 aliphatic rings. The summed E-state index contributed by atoms with van der Waals surface area (Å²) in [7, 11) is 0. The van der Waals surface area contributed by atoms with Crippen LogP contribution >= 0.6 is 0 Å². The van der Waals surface area contributed by atoms with Crippen molar-refractivity contribution >= 4 is 0 Å². The van der Waals surface area contributed by atoms with Crippen LogP contribution in [0.2, 0.25) is 0 Å². The molecule has 0 unspecified atom stereocenters. The highest BCUT2D eigenvalue weighted by Crippen LogP contribution is 2.15. The monoisotopic (exact) mass is 550 g/mol. The van der Waals surface area contributed by atoms with E-state index in [1.54, 1.807) is 0 Å². The molecule has 0 bridgehead atoms. The van der Waals surface area contributed by atoms with Crippen molar-refractivity contribution in [2.75, 3.05) is 19.6 Å². The summed E-state index contributed by atoms with van der Waals surface area (Å²) in [4.78, 5) is 2.85. The van der Waals surface area contributed by atoms with Crippen molar-refractivity contribution in [3.8, 4) is 0 Å². The first kappa shape index (κ1) is 39.0. The summed E-state index contributed by atoms with van der Waals surface area (Å²) >= 11 is 0. The zero-order valence-corrected chi connectivity index (χ0v) is 28.4. The van der Waals surface area contributed by atoms with Gasteiger partial charge in [0.15, 0.2) is 0 Å². The van der Waals surface area contributed by atoms with Crippen molar-refractivity contribution in [2.24, 2.45) is 5.92 Å². The van der Waals surface area contributed by atoms with Crippen molar-refractivity contribution in [2.45, 2.75) is 220 Å². The van der Waals surface area contributed by atoms with E-state index in [1.165, 1.54) is 212 Å². The minimum atomic E-state index is 0.889. The molecule has 0 N–H and O–H groups in total. The Morgan fingerprint density at radius 2 is 0.538 bits per heavy atom. The fourth-order valence-corrected chi connectivity index (χ4v) is 6.11. The van der Waals surface area contributed by atoms with Gasteiger partial charge in [0.25, 0.3) is 0 Å². The molecule has 1 heteroatoms. The van der Waals surface area contributed by atoms with Crippen LogP contribution in [0, 0.1) is 5.92 Å². The Kier molecular flexibility index (Phi) is 34.1. The van der Waals surface area contributed by atoms with Crippen molar-refractivity contribution in [1.29, 1.82) is 0 Å². The van der Waals surface area contributed by atoms with Crippen molar-refractivity contribution in [3.63, 3.8) is 0 Å². The lowest BCUT2D eigenvalue weighted by atomic mass is 10.0. The van der Waals surface area contributed by atoms with Crippen LogP contribution < -0.4 is 0 Å². The third-order valence-electron chi connectivity index (χ3n) is 8.91. The predicted molar refractivity (Wildman–Crippen MR) is 181 cm³/mol. The molecule has 0 fully saturated rings. The molecule has 0 radical (unpaired) electrons. The van der Waals surface area contributed by atoms with Gasteiger partial charge >= 0.3 is 0 Å². The van der Waals surface area contributed by atoms with Crippen molar-refractivity contribution in [1.82, 2.24) is 4.90 Å². The molecule has 0 heterocycles. The third-order valence-corrected chi connectivity index (χ3v) is 8.91. The van der Waals surface area contributed by atoms with Gasteiger partial charge in [0.05, 0.1) is 0 Å². The topological polar surface area (TPSA) is 3.24 Å². The van der Waals surface area contributed by atoms with Gasteiger partial charge in [0, 0.05) is 0 Å². The van der Waals surface area contributed by atoms with E-state index in [2.05, 4.69) is 32.6 Å². The van der Waals surface area contributed by atoms with Crippen LogP contribution in [-0.2, 0) is 0 Å². The predicted octanol–water partition coefficient (Wildman–Crippen LogP) is 13.7. The van der Waals surface area contributed by atoms with E-state index in [-0.39, 0.29) is 0 Å². The summed E-state index contributed by atoms with van der Waals surface area (Å²) in [5, 5.41) is 0. The third kappa shape index (κ3) is 34.1. The normalized spacial score (nSPS) is 11.8. The van der Waals surface area contributed by atoms with Gasteiger partial charge in [-0.2, -0.15) is 0 Å². The van der Waals surface area contributed by atoms with Crippen LogP contribution in [0.3, 0.4) is 0 Å². The average Bonchev–Trinajstić information content (AvgIpc) is 2.93. The number of hydrogen-bond acceptors (Lipinski definition) is 1. The van der Waals surface area contributed by atoms with Crippen LogP contribution in [0.15, 0.2) is 0 Å². The lowest BCUT2D eigenvalue weighted by Crippen LogP contribution is -2.27. The van der Waals surface area contributed by atoms with Gasteiger partial charge < -0.3 is 4.90 Å². The summed E-state index contributed by atoms with van der Waals surface area (Å²) in [5.74, 6) is 0.889. The van der Waals surface area contributed by atoms with E-state index in [4.69, 9.17) is 0 Å². The summed E-state index contributed by atoms with van der Waals surface area (Å²) in [6.45, 7) is 13.4. The van der Waals surface area contributed by atoms with Crippen molar-refractivity contribution < 1.29 is 0 Å². The Labute approximate surface area is 250 Å². The molecule has 0 saturated carbocycles. The number of hydrogen-bond donors (Lipinski definition) is 0. The maximum absolute atomic E-state index is 2.85. The molecule has 0 amide bonds. The van der Waals surface area contributed by atoms with Crippen LogP contribution in [-0.4, -0.2) is 24.5 Å². The van der Waals surface area contributed by atoms with E-state index in [0.717, 1.165) is 5.92 Å². The quantitative estimate of drug-likeness (QED) is 0.0721. The number of unbranched alkanes of at least 4 members (excludes halogenated alkanes) is 26. The second kappa shape index (κ2) is 34.2. The Balaban J connectivity index is 3.89. The maximum atomic E-state index is 2.85. The molecular weight excluding hydrogens is 470 g/mol. The zero-order valence-electron chi connectivity index (χ0n) is 28.4. The Hall–Kier alpha value is -0.0400. The molecule has 1 nitrogen and oxygen atoms in total. The molecule has 0 saturated heterocycles. The van der Waals surface area contributed by atoms with Crippen LogP contribution in [0.1, 0.15) is 220 Å². The van der Waals surface area contributed by atoms with Gasteiger partial charge in [-0.25, -0.2) is 0 Å². The molecule has 0 aromatic rings. The molecule has 39 heavy (non-hydrogen) atoms. The lowest BCUT2D eigenvalue weighted by Gasteiger charge is -2.22. The second-order valence-corrected chi connectivity index (χ2v) is 13.6. The summed E-state index contributed by atoms with van der Waals surface area (Å²) in [6, 6.07) is 0. The summed E-state index contributed by atoms with van der Waals surface area (Å²) < 4.78 is 0. The molecule has 0 atom stereocenters. The Morgan fingerprint density at radius 3 is 0.795 bits per heavy atom. The van der Waals surface area contributed by atoms with Gasteiger partial charge in [0.2, 0.25) is 0 Å². The largest absolute Gasteiger partial charge is 0.303 e. The number of rotatable bonds is 34. The van der Waals surface area contributed by atoms with E-state index >= 15 is 0 Å². The molecular formula is C38H79N. The second-order valence-electron chi connectivity index (χ2n) is 13.6. The SMILES string of the molecule is CCCCCCCCCCCCN(CCCCCCCCCCCC)CCCCCCCCCCCC(C)C. The first-order valence-corrected chi connectivity index (χ1v) is 18.9. The summed E-state index contributed by atoms with van der Waals surface area (Å²) in [5.41, 5.74) is 0. The zero-order chi connectivity index (χ0) is 28.5. The lowest BCUT2D eigenvalue weighted by molar-refractivity contribution is 0.254. The van der Waals surface area contributed by atoms with Crippen molar-refractivity contribution in [3.05, 3.63) is 0 Å². The first-order valence-electron chi connectivity index (χ1n) is 18.9. The average molecular weight is 550 g/mol. The van der Waals surface area contributed by atoms with Gasteiger partial charge in [-0.15, -0.1) is 0 Å². The van der Waals surface area contributed by atoms with Gasteiger partial charge in [-0.1, -0.05) is 201 Å². The number of nitrogens with zero attached hydrogens (tertiary/aromatic N) is 1. The van der Waals surface area contributed by atoms with Gasteiger partial charge in [0.1, 0.15) is 0 Å². The highest BCUT2D eigenvalue weighted by molar-refractivity contribution is 4.61. The molecule has 0 aliphatic carbocycles. The molecule has 0 aliphatic heterocycles. The van der Waals surface area contributed by atoms with Crippen LogP contribution in [0.4, 0.5) is 0 Å². The molecule has 0 rings (SSSR count). The van der Waals surface area contributed by atoms with Crippen LogP contribution in [0.25, 0.3) is 0 Å². The first-order chi connectivity index (χ1) is 19.2. The minimum Gasteiger partial charge on any atom is -0.303 e. The fraction of sp³-hybridized carbons (Fsp3) is 1.00.